The Labute approximate surface area is 104 Å². The lowest BCUT2D eigenvalue weighted by atomic mass is 10.1. The van der Waals surface area contributed by atoms with Crippen molar-refractivity contribution in [3.63, 3.8) is 0 Å². The van der Waals surface area contributed by atoms with Crippen LogP contribution in [0.3, 0.4) is 0 Å². The molecule has 1 atom stereocenters. The van der Waals surface area contributed by atoms with Crippen molar-refractivity contribution in [2.45, 2.75) is 12.8 Å². The van der Waals surface area contributed by atoms with Crippen LogP contribution in [0.4, 0.5) is 5.82 Å². The number of pyridine rings is 1. The minimum absolute atomic E-state index is 0.704. The molecule has 0 N–H and O–H groups in total. The number of rotatable bonds is 3. The summed E-state index contributed by atoms with van der Waals surface area (Å²) in [6.45, 7) is 2.24. The predicted octanol–water partition coefficient (Wildman–Crippen LogP) is 3.35. The molecule has 0 aromatic carbocycles. The molecule has 2 rings (SSSR count). The zero-order valence-electron chi connectivity index (χ0n) is 8.50. The third-order valence-corrected chi connectivity index (χ3v) is 3.52. The van der Waals surface area contributed by atoms with Crippen LogP contribution >= 0.6 is 27.5 Å². The Balaban J connectivity index is 1.98. The number of anilines is 1. The maximum absolute atomic E-state index is 5.81. The van der Waals surface area contributed by atoms with Crippen molar-refractivity contribution in [3.8, 4) is 0 Å². The summed E-state index contributed by atoms with van der Waals surface area (Å²) in [6, 6.07) is 3.90. The fourth-order valence-corrected chi connectivity index (χ4v) is 2.75. The van der Waals surface area contributed by atoms with Crippen LogP contribution in [0.25, 0.3) is 0 Å². The fraction of sp³-hybridized carbons (Fsp3) is 0.545. The van der Waals surface area contributed by atoms with Gasteiger partial charge in [0, 0.05) is 24.6 Å². The molecule has 1 aliphatic rings. The number of hydrogen-bond donors (Lipinski definition) is 0. The first-order chi connectivity index (χ1) is 7.29. The summed E-state index contributed by atoms with van der Waals surface area (Å²) in [7, 11) is 0. The quantitative estimate of drug-likeness (QED) is 0.793. The molecular weight excluding hydrogens is 275 g/mol. The SMILES string of the molecule is Clc1ccc(N2CCC(CCBr)C2)nc1. The Hall–Kier alpha value is -0.280. The number of nitrogens with zero attached hydrogens (tertiary/aromatic N) is 2. The minimum Gasteiger partial charge on any atom is -0.356 e. The van der Waals surface area contributed by atoms with Gasteiger partial charge in [-0.05, 0) is 30.9 Å². The number of halogens is 2. The largest absolute Gasteiger partial charge is 0.356 e. The van der Waals surface area contributed by atoms with Gasteiger partial charge in [0.1, 0.15) is 5.82 Å². The topological polar surface area (TPSA) is 16.1 Å². The van der Waals surface area contributed by atoms with E-state index in [1.54, 1.807) is 6.20 Å². The van der Waals surface area contributed by atoms with Gasteiger partial charge in [0.05, 0.1) is 5.02 Å². The van der Waals surface area contributed by atoms with Crippen molar-refractivity contribution in [1.29, 1.82) is 0 Å². The van der Waals surface area contributed by atoms with Crippen molar-refractivity contribution in [3.05, 3.63) is 23.4 Å². The summed E-state index contributed by atoms with van der Waals surface area (Å²) in [6.07, 6.45) is 4.24. The van der Waals surface area contributed by atoms with E-state index >= 15 is 0 Å². The van der Waals surface area contributed by atoms with Gasteiger partial charge in [-0.15, -0.1) is 0 Å². The van der Waals surface area contributed by atoms with Crippen LogP contribution in [0.5, 0.6) is 0 Å². The maximum atomic E-state index is 5.81. The van der Waals surface area contributed by atoms with E-state index in [4.69, 9.17) is 11.6 Å². The smallest absolute Gasteiger partial charge is 0.128 e. The molecule has 2 heterocycles. The van der Waals surface area contributed by atoms with Gasteiger partial charge < -0.3 is 4.90 Å². The number of aromatic nitrogens is 1. The van der Waals surface area contributed by atoms with Gasteiger partial charge in [-0.1, -0.05) is 27.5 Å². The second-order valence-corrected chi connectivity index (χ2v) is 5.14. The third-order valence-electron chi connectivity index (χ3n) is 2.84. The second kappa shape index (κ2) is 5.17. The molecule has 0 aliphatic carbocycles. The van der Waals surface area contributed by atoms with Crippen LogP contribution < -0.4 is 4.90 Å². The maximum Gasteiger partial charge on any atom is 0.128 e. The van der Waals surface area contributed by atoms with E-state index < -0.39 is 0 Å². The molecule has 1 unspecified atom stereocenters. The van der Waals surface area contributed by atoms with Crippen LogP contribution in [0.1, 0.15) is 12.8 Å². The zero-order chi connectivity index (χ0) is 10.7. The average Bonchev–Trinajstić information content (AvgIpc) is 2.68. The van der Waals surface area contributed by atoms with E-state index in [0.29, 0.717) is 5.02 Å². The van der Waals surface area contributed by atoms with E-state index in [1.165, 1.54) is 12.8 Å². The Morgan fingerprint density at radius 1 is 1.53 bits per heavy atom. The average molecular weight is 290 g/mol. The molecular formula is C11H14BrClN2. The van der Waals surface area contributed by atoms with Crippen LogP contribution in [0.2, 0.25) is 5.02 Å². The van der Waals surface area contributed by atoms with E-state index in [9.17, 15) is 0 Å². The van der Waals surface area contributed by atoms with Crippen molar-refractivity contribution in [2.24, 2.45) is 5.92 Å². The highest BCUT2D eigenvalue weighted by Gasteiger charge is 2.22. The summed E-state index contributed by atoms with van der Waals surface area (Å²) in [5.74, 6) is 1.86. The van der Waals surface area contributed by atoms with Gasteiger partial charge in [0.25, 0.3) is 0 Å². The van der Waals surface area contributed by atoms with Gasteiger partial charge in [-0.25, -0.2) is 4.98 Å². The molecule has 0 saturated carbocycles. The second-order valence-electron chi connectivity index (χ2n) is 3.91. The first-order valence-corrected chi connectivity index (χ1v) is 6.72. The summed E-state index contributed by atoms with van der Waals surface area (Å²) in [4.78, 5) is 6.67. The summed E-state index contributed by atoms with van der Waals surface area (Å²) >= 11 is 9.30. The molecule has 0 radical (unpaired) electrons. The number of alkyl halides is 1. The first-order valence-electron chi connectivity index (χ1n) is 5.22. The molecule has 82 valence electrons. The van der Waals surface area contributed by atoms with Crippen LogP contribution in [-0.4, -0.2) is 23.4 Å². The van der Waals surface area contributed by atoms with E-state index in [-0.39, 0.29) is 0 Å². The van der Waals surface area contributed by atoms with Crippen molar-refractivity contribution in [2.75, 3.05) is 23.3 Å². The highest BCUT2D eigenvalue weighted by atomic mass is 79.9. The molecule has 1 aromatic rings. The lowest BCUT2D eigenvalue weighted by molar-refractivity contribution is 0.575. The monoisotopic (exact) mass is 288 g/mol. The highest BCUT2D eigenvalue weighted by molar-refractivity contribution is 9.09. The molecule has 0 spiro atoms. The van der Waals surface area contributed by atoms with E-state index in [0.717, 1.165) is 30.2 Å². The molecule has 0 bridgehead atoms. The molecule has 4 heteroatoms. The van der Waals surface area contributed by atoms with Crippen molar-refractivity contribution >= 4 is 33.3 Å². The number of hydrogen-bond acceptors (Lipinski definition) is 2. The third kappa shape index (κ3) is 2.85. The molecule has 15 heavy (non-hydrogen) atoms. The Kier molecular flexibility index (Phi) is 3.87. The van der Waals surface area contributed by atoms with Crippen LogP contribution in [-0.2, 0) is 0 Å². The summed E-state index contributed by atoms with van der Waals surface area (Å²) in [5, 5.41) is 1.80. The van der Waals surface area contributed by atoms with Crippen LogP contribution in [0.15, 0.2) is 18.3 Å². The Bertz CT molecular complexity index is 315. The van der Waals surface area contributed by atoms with Gasteiger partial charge in [0.2, 0.25) is 0 Å². The van der Waals surface area contributed by atoms with E-state index in [2.05, 4.69) is 25.8 Å². The van der Waals surface area contributed by atoms with Crippen molar-refractivity contribution in [1.82, 2.24) is 4.98 Å². The normalized spacial score (nSPS) is 20.9. The lowest BCUT2D eigenvalue weighted by Crippen LogP contribution is -2.20. The molecule has 0 amide bonds. The summed E-state index contributed by atoms with van der Waals surface area (Å²) in [5.41, 5.74) is 0. The van der Waals surface area contributed by atoms with Gasteiger partial charge in [-0.2, -0.15) is 0 Å². The van der Waals surface area contributed by atoms with Gasteiger partial charge >= 0.3 is 0 Å². The molecule has 1 saturated heterocycles. The van der Waals surface area contributed by atoms with Gasteiger partial charge in [-0.3, -0.25) is 0 Å². The predicted molar refractivity (Wildman–Crippen MR) is 68.0 cm³/mol. The molecule has 1 aromatic heterocycles. The van der Waals surface area contributed by atoms with E-state index in [1.807, 2.05) is 12.1 Å². The standard InChI is InChI=1S/C11H14BrClN2/c12-5-3-9-4-6-15(8-9)11-2-1-10(13)7-14-11/h1-2,7,9H,3-6,8H2. The Morgan fingerprint density at radius 2 is 2.40 bits per heavy atom. The lowest BCUT2D eigenvalue weighted by Gasteiger charge is -2.17. The molecule has 1 aliphatic heterocycles. The summed E-state index contributed by atoms with van der Waals surface area (Å²) < 4.78 is 0. The van der Waals surface area contributed by atoms with Gasteiger partial charge in [0.15, 0.2) is 0 Å². The molecule has 2 nitrogen and oxygen atoms in total. The van der Waals surface area contributed by atoms with Crippen LogP contribution in [0, 0.1) is 5.92 Å². The van der Waals surface area contributed by atoms with Crippen molar-refractivity contribution < 1.29 is 0 Å². The Morgan fingerprint density at radius 3 is 3.07 bits per heavy atom. The highest BCUT2D eigenvalue weighted by Crippen LogP contribution is 2.25. The minimum atomic E-state index is 0.704. The first kappa shape index (κ1) is 11.2. The zero-order valence-corrected chi connectivity index (χ0v) is 10.8. The fourth-order valence-electron chi connectivity index (χ4n) is 1.99. The molecule has 1 fully saturated rings.